The summed E-state index contributed by atoms with van der Waals surface area (Å²) in [5, 5.41) is 2.49. The molecule has 0 unspecified atom stereocenters. The van der Waals surface area contributed by atoms with Gasteiger partial charge in [-0.15, -0.1) is 12.4 Å². The van der Waals surface area contributed by atoms with Crippen LogP contribution in [0.5, 0.6) is 0 Å². The molecule has 1 rings (SSSR count). The Kier molecular flexibility index (Phi) is 1.02. The fraction of sp³-hybridized carbons (Fsp3) is 1.00. The van der Waals surface area contributed by atoms with Crippen LogP contribution in [0.1, 0.15) is 17.0 Å². The molecular weight excluding hydrogens is 97.5 g/mol. The third-order valence-electron chi connectivity index (χ3n) is 0.781. The number of halogens is 1. The zero-order valence-corrected chi connectivity index (χ0v) is 4.22. The lowest BCUT2D eigenvalue weighted by molar-refractivity contribution is 0.811. The Morgan fingerprint density at radius 1 is 1.83 bits per heavy atom. The molecule has 0 aromatic heterocycles. The van der Waals surface area contributed by atoms with E-state index in [1.54, 1.807) is 0 Å². The summed E-state index contributed by atoms with van der Waals surface area (Å²) in [5.41, 5.74) is 0. The van der Waals surface area contributed by atoms with Crippen molar-refractivity contribution in [1.29, 1.82) is 0 Å². The minimum atomic E-state index is -1.92. The average Bonchev–Trinajstić information content (AvgIpc) is 2.12. The number of rotatable bonds is 1. The summed E-state index contributed by atoms with van der Waals surface area (Å²) in [6, 6.07) is 0.280. The molecule has 6 heavy (non-hydrogen) atoms. The maximum absolute atomic E-state index is 6.72. The van der Waals surface area contributed by atoms with Crippen molar-refractivity contribution in [3.63, 3.8) is 0 Å². The summed E-state index contributed by atoms with van der Waals surface area (Å²) in [6.45, 7) is -1.92. The molecule has 2 heteroatoms. The molecule has 0 saturated heterocycles. The Bertz CT molecular complexity index is 88.3. The third kappa shape index (κ3) is 1.63. The van der Waals surface area contributed by atoms with Gasteiger partial charge in [0.05, 0.1) is 0 Å². The predicted molar refractivity (Wildman–Crippen MR) is 29.3 cm³/mol. The molecule has 0 radical (unpaired) electrons. The standard InChI is InChI=1S/C4H9N.ClH/c1-5-4-2-3-4;/h4-5H,2-3H2,1H3;1H/i1D3;. The summed E-state index contributed by atoms with van der Waals surface area (Å²) >= 11 is 0. The Morgan fingerprint density at radius 3 is 2.67 bits per heavy atom. The SMILES string of the molecule is Cl.[2H]C([2H])([2H])NC1CC1. The number of hydrogen-bond donors (Lipinski definition) is 1. The Balaban J connectivity index is 0.000000640. The summed E-state index contributed by atoms with van der Waals surface area (Å²) in [7, 11) is 0. The van der Waals surface area contributed by atoms with Crippen LogP contribution in [0.2, 0.25) is 0 Å². The van der Waals surface area contributed by atoms with Crippen LogP contribution in [0.3, 0.4) is 0 Å². The molecule has 1 fully saturated rings. The molecule has 1 N–H and O–H groups in total. The Labute approximate surface area is 48.7 Å². The minimum absolute atomic E-state index is 0. The van der Waals surface area contributed by atoms with Crippen molar-refractivity contribution in [2.45, 2.75) is 18.9 Å². The zero-order chi connectivity index (χ0) is 6.20. The Hall–Kier alpha value is 0.250. The van der Waals surface area contributed by atoms with Gasteiger partial charge in [0.15, 0.2) is 0 Å². The van der Waals surface area contributed by atoms with Crippen molar-refractivity contribution in [3.8, 4) is 0 Å². The van der Waals surface area contributed by atoms with E-state index >= 15 is 0 Å². The highest BCUT2D eigenvalue weighted by Crippen LogP contribution is 2.16. The normalized spacial score (nSPS) is 29.0. The monoisotopic (exact) mass is 110 g/mol. The second-order valence-corrected chi connectivity index (χ2v) is 1.42. The highest BCUT2D eigenvalue weighted by Gasteiger charge is 2.17. The van der Waals surface area contributed by atoms with Gasteiger partial charge in [-0.1, -0.05) is 0 Å². The van der Waals surface area contributed by atoms with E-state index in [2.05, 4.69) is 5.32 Å². The minimum Gasteiger partial charge on any atom is -0.317 e. The van der Waals surface area contributed by atoms with Gasteiger partial charge in [-0.25, -0.2) is 0 Å². The highest BCUT2D eigenvalue weighted by molar-refractivity contribution is 5.85. The van der Waals surface area contributed by atoms with Crippen LogP contribution in [0.25, 0.3) is 0 Å². The van der Waals surface area contributed by atoms with Crippen molar-refractivity contribution >= 4 is 12.4 Å². The molecule has 0 atom stereocenters. The van der Waals surface area contributed by atoms with Gasteiger partial charge < -0.3 is 5.32 Å². The molecule has 0 bridgehead atoms. The van der Waals surface area contributed by atoms with E-state index in [9.17, 15) is 0 Å². The second-order valence-electron chi connectivity index (χ2n) is 1.42. The quantitative estimate of drug-likeness (QED) is 0.526. The molecule has 1 nitrogen and oxygen atoms in total. The van der Waals surface area contributed by atoms with Crippen molar-refractivity contribution in [2.75, 3.05) is 6.98 Å². The van der Waals surface area contributed by atoms with E-state index < -0.39 is 6.98 Å². The van der Waals surface area contributed by atoms with Crippen LogP contribution in [0.4, 0.5) is 0 Å². The molecule has 0 aromatic carbocycles. The maximum atomic E-state index is 6.72. The van der Waals surface area contributed by atoms with Gasteiger partial charge in [0.2, 0.25) is 0 Å². The van der Waals surface area contributed by atoms with Crippen LogP contribution in [0, 0.1) is 0 Å². The summed E-state index contributed by atoms with van der Waals surface area (Å²) in [6.07, 6.45) is 2.05. The average molecular weight is 111 g/mol. The van der Waals surface area contributed by atoms with Crippen LogP contribution in [0.15, 0.2) is 0 Å². The van der Waals surface area contributed by atoms with Crippen molar-refractivity contribution in [1.82, 2.24) is 5.32 Å². The first-order chi connectivity index (χ1) is 3.58. The summed E-state index contributed by atoms with van der Waals surface area (Å²) in [5.74, 6) is 0. The van der Waals surface area contributed by atoms with E-state index in [1.165, 1.54) is 0 Å². The smallest absolute Gasteiger partial charge is 0.0391 e. The first-order valence-corrected chi connectivity index (χ1v) is 1.86. The molecule has 1 saturated carbocycles. The fourth-order valence-electron chi connectivity index (χ4n) is 0.228. The van der Waals surface area contributed by atoms with Crippen LogP contribution < -0.4 is 5.32 Å². The first-order valence-electron chi connectivity index (χ1n) is 3.36. The van der Waals surface area contributed by atoms with Crippen molar-refractivity contribution in [3.05, 3.63) is 0 Å². The first kappa shape index (κ1) is 2.53. The lowest BCUT2D eigenvalue weighted by Crippen LogP contribution is -2.06. The summed E-state index contributed by atoms with van der Waals surface area (Å²) < 4.78 is 20.2. The molecule has 0 aliphatic heterocycles. The highest BCUT2D eigenvalue weighted by atomic mass is 35.5. The Morgan fingerprint density at radius 2 is 2.50 bits per heavy atom. The van der Waals surface area contributed by atoms with Gasteiger partial charge in [-0.3, -0.25) is 0 Å². The van der Waals surface area contributed by atoms with Gasteiger partial charge in [0, 0.05) is 10.2 Å². The van der Waals surface area contributed by atoms with Gasteiger partial charge >= 0.3 is 0 Å². The molecule has 0 heterocycles. The molecule has 0 spiro atoms. The molecule has 38 valence electrons. The molecule has 1 aliphatic rings. The fourth-order valence-corrected chi connectivity index (χ4v) is 0.228. The van der Waals surface area contributed by atoms with E-state index in [0.29, 0.717) is 0 Å². The van der Waals surface area contributed by atoms with Gasteiger partial charge in [0.1, 0.15) is 0 Å². The number of nitrogens with one attached hydrogen (secondary N) is 1. The van der Waals surface area contributed by atoms with E-state index in [0.717, 1.165) is 12.8 Å². The van der Waals surface area contributed by atoms with Gasteiger partial charge in [-0.05, 0) is 19.8 Å². The lowest BCUT2D eigenvalue weighted by Gasteiger charge is -1.80. The zero-order valence-electron chi connectivity index (χ0n) is 6.40. The van der Waals surface area contributed by atoms with Crippen LogP contribution in [-0.2, 0) is 0 Å². The third-order valence-corrected chi connectivity index (χ3v) is 0.781. The summed E-state index contributed by atoms with van der Waals surface area (Å²) in [4.78, 5) is 0. The van der Waals surface area contributed by atoms with E-state index in [-0.39, 0.29) is 18.4 Å². The molecular formula is C4H10ClN. The second kappa shape index (κ2) is 2.43. The van der Waals surface area contributed by atoms with Crippen LogP contribution >= 0.6 is 12.4 Å². The predicted octanol–water partition coefficient (Wildman–Crippen LogP) is 0.790. The molecule has 1 aliphatic carbocycles. The maximum Gasteiger partial charge on any atom is 0.0391 e. The molecule has 0 amide bonds. The number of hydrogen-bond acceptors (Lipinski definition) is 1. The van der Waals surface area contributed by atoms with E-state index in [1.807, 2.05) is 0 Å². The van der Waals surface area contributed by atoms with Crippen LogP contribution in [-0.4, -0.2) is 13.0 Å². The van der Waals surface area contributed by atoms with Gasteiger partial charge in [0.25, 0.3) is 0 Å². The molecule has 0 aromatic rings. The van der Waals surface area contributed by atoms with E-state index in [4.69, 9.17) is 4.11 Å². The van der Waals surface area contributed by atoms with Crippen molar-refractivity contribution in [2.24, 2.45) is 0 Å². The largest absolute Gasteiger partial charge is 0.317 e. The topological polar surface area (TPSA) is 12.0 Å². The van der Waals surface area contributed by atoms with Gasteiger partial charge in [-0.2, -0.15) is 0 Å². The van der Waals surface area contributed by atoms with Crippen molar-refractivity contribution < 1.29 is 4.11 Å². The lowest BCUT2D eigenvalue weighted by atomic mass is 10.7.